The van der Waals surface area contributed by atoms with E-state index in [4.69, 9.17) is 20.3 Å². The predicted octanol–water partition coefficient (Wildman–Crippen LogP) is 3.49. The van der Waals surface area contributed by atoms with Gasteiger partial charge in [0.25, 0.3) is 0 Å². The summed E-state index contributed by atoms with van der Waals surface area (Å²) in [5.41, 5.74) is 10.8. The minimum atomic E-state index is -0.458. The first kappa shape index (κ1) is 18.5. The maximum absolute atomic E-state index is 11.4. The Hall–Kier alpha value is -3.87. The second kappa shape index (κ2) is 7.27. The average molecular weight is 388 g/mol. The van der Waals surface area contributed by atoms with Gasteiger partial charge >= 0.3 is 0 Å². The number of hydrogen-bond acceptors (Lipinski definition) is 5. The molecule has 29 heavy (non-hydrogen) atoms. The maximum atomic E-state index is 11.4. The predicted molar refractivity (Wildman–Crippen MR) is 110 cm³/mol. The van der Waals surface area contributed by atoms with E-state index in [0.29, 0.717) is 17.1 Å². The Bertz CT molecular complexity index is 1210. The number of imidazole rings is 1. The zero-order valence-corrected chi connectivity index (χ0v) is 16.3. The van der Waals surface area contributed by atoms with Crippen molar-refractivity contribution < 1.29 is 14.3 Å². The van der Waals surface area contributed by atoms with Gasteiger partial charge in [0.2, 0.25) is 5.91 Å². The van der Waals surface area contributed by atoms with Crippen LogP contribution in [0.15, 0.2) is 54.6 Å². The third-order valence-corrected chi connectivity index (χ3v) is 4.77. The molecular weight excluding hydrogens is 368 g/mol. The molecule has 146 valence electrons. The summed E-state index contributed by atoms with van der Waals surface area (Å²) in [4.78, 5) is 16.0. The monoisotopic (exact) mass is 388 g/mol. The first-order chi connectivity index (χ1) is 14.0. The van der Waals surface area contributed by atoms with Crippen molar-refractivity contribution in [2.45, 2.75) is 6.92 Å². The Morgan fingerprint density at radius 2 is 1.62 bits per heavy atom. The molecule has 0 aliphatic heterocycles. The van der Waals surface area contributed by atoms with E-state index in [1.807, 2.05) is 49.4 Å². The maximum Gasteiger partial charge on any atom is 0.248 e. The first-order valence-electron chi connectivity index (χ1n) is 9.01. The molecule has 1 amide bonds. The van der Waals surface area contributed by atoms with E-state index < -0.39 is 5.91 Å². The van der Waals surface area contributed by atoms with Gasteiger partial charge in [-0.3, -0.25) is 4.79 Å². The highest BCUT2D eigenvalue weighted by Crippen LogP contribution is 2.32. The molecule has 0 bridgehead atoms. The van der Waals surface area contributed by atoms with Gasteiger partial charge in [0.15, 0.2) is 17.1 Å². The highest BCUT2D eigenvalue weighted by atomic mass is 16.5. The van der Waals surface area contributed by atoms with Crippen LogP contribution in [0.2, 0.25) is 0 Å². The summed E-state index contributed by atoms with van der Waals surface area (Å²) in [6.07, 6.45) is 0. The number of fused-ring (bicyclic) bond motifs is 1. The van der Waals surface area contributed by atoms with Crippen molar-refractivity contribution in [1.29, 1.82) is 0 Å². The molecule has 0 saturated carbocycles. The van der Waals surface area contributed by atoms with Gasteiger partial charge in [0.05, 0.1) is 31.3 Å². The van der Waals surface area contributed by atoms with Crippen molar-refractivity contribution in [3.05, 3.63) is 65.9 Å². The molecule has 0 atom stereocenters. The molecule has 4 aromatic rings. The SMILES string of the molecule is COc1ccc(-c2ccc3nc(C)c(-c4ccc(C(N)=O)cc4)n3n2)cc1OC. The molecule has 0 fully saturated rings. The van der Waals surface area contributed by atoms with Crippen LogP contribution in [0.5, 0.6) is 11.5 Å². The summed E-state index contributed by atoms with van der Waals surface area (Å²) in [6.45, 7) is 1.93. The minimum absolute atomic E-state index is 0.458. The van der Waals surface area contributed by atoms with Crippen LogP contribution in [0.4, 0.5) is 0 Å². The van der Waals surface area contributed by atoms with Crippen LogP contribution in [0.1, 0.15) is 16.1 Å². The number of carbonyl (C=O) groups is 1. The Kier molecular flexibility index (Phi) is 4.64. The number of amides is 1. The van der Waals surface area contributed by atoms with E-state index in [0.717, 1.165) is 33.9 Å². The number of nitrogens with two attached hydrogens (primary N) is 1. The molecule has 2 aromatic carbocycles. The molecule has 7 heteroatoms. The van der Waals surface area contributed by atoms with E-state index >= 15 is 0 Å². The standard InChI is InChI=1S/C22H20N4O3/c1-13-21(14-4-6-15(7-5-14)22(23)27)26-20(24-13)11-9-17(25-26)16-8-10-18(28-2)19(12-16)29-3/h4-12H,1-3H3,(H2,23,27). The number of primary amides is 1. The summed E-state index contributed by atoms with van der Waals surface area (Å²) >= 11 is 0. The molecule has 0 unspecified atom stereocenters. The Balaban J connectivity index is 1.84. The van der Waals surface area contributed by atoms with E-state index in [2.05, 4.69) is 4.98 Å². The molecule has 4 rings (SSSR count). The van der Waals surface area contributed by atoms with Gasteiger partial charge in [-0.2, -0.15) is 5.10 Å². The van der Waals surface area contributed by atoms with Crippen LogP contribution in [-0.2, 0) is 0 Å². The molecule has 7 nitrogen and oxygen atoms in total. The summed E-state index contributed by atoms with van der Waals surface area (Å²) in [6, 6.07) is 16.6. The molecule has 2 aromatic heterocycles. The second-order valence-corrected chi connectivity index (χ2v) is 6.55. The van der Waals surface area contributed by atoms with E-state index in [9.17, 15) is 4.79 Å². The number of benzene rings is 2. The fourth-order valence-corrected chi connectivity index (χ4v) is 3.32. The first-order valence-corrected chi connectivity index (χ1v) is 9.01. The van der Waals surface area contributed by atoms with Crippen molar-refractivity contribution in [1.82, 2.24) is 14.6 Å². The molecule has 2 heterocycles. The molecule has 0 saturated heterocycles. The number of hydrogen-bond donors (Lipinski definition) is 1. The van der Waals surface area contributed by atoms with E-state index in [-0.39, 0.29) is 0 Å². The topological polar surface area (TPSA) is 91.7 Å². The Morgan fingerprint density at radius 3 is 2.28 bits per heavy atom. The number of carbonyl (C=O) groups excluding carboxylic acids is 1. The van der Waals surface area contributed by atoms with Crippen LogP contribution in [-0.4, -0.2) is 34.7 Å². The van der Waals surface area contributed by atoms with Crippen LogP contribution in [0, 0.1) is 6.92 Å². The lowest BCUT2D eigenvalue weighted by Gasteiger charge is -2.10. The van der Waals surface area contributed by atoms with Gasteiger partial charge in [0, 0.05) is 16.7 Å². The van der Waals surface area contributed by atoms with Crippen LogP contribution < -0.4 is 15.2 Å². The normalized spacial score (nSPS) is 10.9. The van der Waals surface area contributed by atoms with Crippen LogP contribution in [0.3, 0.4) is 0 Å². The van der Waals surface area contributed by atoms with Gasteiger partial charge in [-0.1, -0.05) is 12.1 Å². The van der Waals surface area contributed by atoms with Gasteiger partial charge in [0.1, 0.15) is 0 Å². The summed E-state index contributed by atoms with van der Waals surface area (Å²) in [5, 5.41) is 4.80. The lowest BCUT2D eigenvalue weighted by Crippen LogP contribution is -2.10. The molecule has 0 spiro atoms. The zero-order valence-electron chi connectivity index (χ0n) is 16.3. The third kappa shape index (κ3) is 3.27. The van der Waals surface area contributed by atoms with Gasteiger partial charge in [-0.15, -0.1) is 0 Å². The number of aryl methyl sites for hydroxylation is 1. The van der Waals surface area contributed by atoms with Crippen molar-refractivity contribution in [3.63, 3.8) is 0 Å². The third-order valence-electron chi connectivity index (χ3n) is 4.77. The lowest BCUT2D eigenvalue weighted by atomic mass is 10.1. The second-order valence-electron chi connectivity index (χ2n) is 6.55. The summed E-state index contributed by atoms with van der Waals surface area (Å²) in [5.74, 6) is 0.835. The molecule has 0 radical (unpaired) electrons. The van der Waals surface area contributed by atoms with E-state index in [1.54, 1.807) is 30.9 Å². The highest BCUT2D eigenvalue weighted by molar-refractivity contribution is 5.93. The Labute approximate surface area is 167 Å². The molecule has 2 N–H and O–H groups in total. The quantitative estimate of drug-likeness (QED) is 0.565. The highest BCUT2D eigenvalue weighted by Gasteiger charge is 2.15. The molecule has 0 aliphatic carbocycles. The molecular formula is C22H20N4O3. The fraction of sp³-hybridized carbons (Fsp3) is 0.136. The number of methoxy groups -OCH3 is 2. The molecule has 0 aliphatic rings. The number of aromatic nitrogens is 3. The van der Waals surface area contributed by atoms with Gasteiger partial charge in [-0.05, 0) is 49.4 Å². The summed E-state index contributed by atoms with van der Waals surface area (Å²) in [7, 11) is 3.21. The lowest BCUT2D eigenvalue weighted by molar-refractivity contribution is 0.100. The fourth-order valence-electron chi connectivity index (χ4n) is 3.32. The number of rotatable bonds is 5. The van der Waals surface area contributed by atoms with Crippen molar-refractivity contribution in [3.8, 4) is 34.0 Å². The van der Waals surface area contributed by atoms with Crippen molar-refractivity contribution in [2.24, 2.45) is 5.73 Å². The Morgan fingerprint density at radius 1 is 0.931 bits per heavy atom. The zero-order chi connectivity index (χ0) is 20.5. The van der Waals surface area contributed by atoms with Gasteiger partial charge < -0.3 is 15.2 Å². The summed E-state index contributed by atoms with van der Waals surface area (Å²) < 4.78 is 12.5. The number of nitrogens with zero attached hydrogens (tertiary/aromatic N) is 3. The van der Waals surface area contributed by atoms with Crippen molar-refractivity contribution in [2.75, 3.05) is 14.2 Å². The van der Waals surface area contributed by atoms with E-state index in [1.165, 1.54) is 0 Å². The number of ether oxygens (including phenoxy) is 2. The van der Waals surface area contributed by atoms with Crippen molar-refractivity contribution >= 4 is 11.6 Å². The smallest absolute Gasteiger partial charge is 0.248 e. The van der Waals surface area contributed by atoms with Crippen LogP contribution >= 0.6 is 0 Å². The van der Waals surface area contributed by atoms with Crippen LogP contribution in [0.25, 0.3) is 28.2 Å². The largest absolute Gasteiger partial charge is 0.493 e. The van der Waals surface area contributed by atoms with Gasteiger partial charge in [-0.25, -0.2) is 9.50 Å². The minimum Gasteiger partial charge on any atom is -0.493 e. The average Bonchev–Trinajstić information content (AvgIpc) is 3.08.